The van der Waals surface area contributed by atoms with Crippen LogP contribution in [0.4, 0.5) is 5.69 Å². The molecule has 1 unspecified atom stereocenters. The maximum atomic E-state index is 12.4. The van der Waals surface area contributed by atoms with Crippen molar-refractivity contribution < 1.29 is 9.72 Å². The van der Waals surface area contributed by atoms with Gasteiger partial charge in [-0.25, -0.2) is 0 Å². The summed E-state index contributed by atoms with van der Waals surface area (Å²) in [4.78, 5) is 24.2. The molecule has 20 heavy (non-hydrogen) atoms. The number of nitro groups is 1. The Morgan fingerprint density at radius 3 is 2.75 bits per heavy atom. The number of nitrogens with zero attached hydrogens (tertiary/aromatic N) is 2. The molecular weight excluding hydrogens is 305 g/mol. The highest BCUT2D eigenvalue weighted by Crippen LogP contribution is 2.32. The summed E-state index contributed by atoms with van der Waals surface area (Å²) in [7, 11) is 0. The van der Waals surface area contributed by atoms with E-state index in [0.29, 0.717) is 13.1 Å². The second-order valence-corrected chi connectivity index (χ2v) is 5.48. The summed E-state index contributed by atoms with van der Waals surface area (Å²) >= 11 is 11.8. The number of hydrogen-bond donors (Lipinski definition) is 1. The molecule has 1 atom stereocenters. The molecule has 1 heterocycles. The molecule has 108 valence electrons. The molecule has 0 saturated carbocycles. The van der Waals surface area contributed by atoms with Gasteiger partial charge >= 0.3 is 0 Å². The minimum atomic E-state index is -0.610. The lowest BCUT2D eigenvalue weighted by molar-refractivity contribution is -0.384. The molecule has 1 saturated heterocycles. The standard InChI is InChI=1S/C12H13Cl2N3O3/c13-10-5-8(17(19)20)4-9(11(10)14)12(18)16-3-1-2-7(15)6-16/h4-5,7H,1-3,6,15H2. The molecule has 1 fully saturated rings. The Kier molecular flexibility index (Phi) is 4.47. The largest absolute Gasteiger partial charge is 0.337 e. The number of amides is 1. The summed E-state index contributed by atoms with van der Waals surface area (Å²) in [6.07, 6.45) is 1.65. The van der Waals surface area contributed by atoms with Gasteiger partial charge in [0.2, 0.25) is 0 Å². The van der Waals surface area contributed by atoms with Crippen molar-refractivity contribution in [3.05, 3.63) is 37.9 Å². The lowest BCUT2D eigenvalue weighted by Crippen LogP contribution is -2.45. The van der Waals surface area contributed by atoms with E-state index in [9.17, 15) is 14.9 Å². The van der Waals surface area contributed by atoms with Crippen LogP contribution in [-0.4, -0.2) is 34.9 Å². The van der Waals surface area contributed by atoms with Crippen LogP contribution in [0, 0.1) is 10.1 Å². The van der Waals surface area contributed by atoms with Crippen LogP contribution in [0.5, 0.6) is 0 Å². The van der Waals surface area contributed by atoms with Gasteiger partial charge in [-0.15, -0.1) is 0 Å². The maximum absolute atomic E-state index is 12.4. The Hall–Kier alpha value is -1.37. The van der Waals surface area contributed by atoms with Crippen molar-refractivity contribution >= 4 is 34.8 Å². The Bertz CT molecular complexity index is 565. The summed E-state index contributed by atoms with van der Waals surface area (Å²) in [6, 6.07) is 2.19. The van der Waals surface area contributed by atoms with Crippen molar-refractivity contribution in [1.82, 2.24) is 4.90 Å². The van der Waals surface area contributed by atoms with Crippen LogP contribution >= 0.6 is 23.2 Å². The summed E-state index contributed by atoms with van der Waals surface area (Å²) in [5, 5.41) is 10.8. The summed E-state index contributed by atoms with van der Waals surface area (Å²) in [5.74, 6) is -0.379. The van der Waals surface area contributed by atoms with Crippen LogP contribution in [0.25, 0.3) is 0 Å². The van der Waals surface area contributed by atoms with E-state index in [-0.39, 0.29) is 33.2 Å². The maximum Gasteiger partial charge on any atom is 0.271 e. The zero-order chi connectivity index (χ0) is 14.9. The van der Waals surface area contributed by atoms with E-state index >= 15 is 0 Å². The van der Waals surface area contributed by atoms with Gasteiger partial charge in [-0.2, -0.15) is 0 Å². The topological polar surface area (TPSA) is 89.5 Å². The van der Waals surface area contributed by atoms with E-state index in [1.165, 1.54) is 0 Å². The van der Waals surface area contributed by atoms with Crippen LogP contribution in [-0.2, 0) is 0 Å². The Labute approximate surface area is 125 Å². The predicted molar refractivity (Wildman–Crippen MR) is 76.2 cm³/mol. The number of carbonyl (C=O) groups excluding carboxylic acids is 1. The van der Waals surface area contributed by atoms with Crippen LogP contribution in [0.1, 0.15) is 23.2 Å². The van der Waals surface area contributed by atoms with E-state index in [1.54, 1.807) is 4.90 Å². The van der Waals surface area contributed by atoms with Crippen LogP contribution in [0.3, 0.4) is 0 Å². The predicted octanol–water partition coefficient (Wildman–Crippen LogP) is 2.46. The number of piperidine rings is 1. The molecule has 0 bridgehead atoms. The SMILES string of the molecule is NC1CCCN(C(=O)c2cc([N+](=O)[O-])cc(Cl)c2Cl)C1. The first kappa shape index (κ1) is 15.0. The second-order valence-electron chi connectivity index (χ2n) is 4.70. The third-order valence-electron chi connectivity index (χ3n) is 3.20. The van der Waals surface area contributed by atoms with E-state index in [0.717, 1.165) is 25.0 Å². The Morgan fingerprint density at radius 2 is 2.15 bits per heavy atom. The molecule has 1 aliphatic heterocycles. The Morgan fingerprint density at radius 1 is 1.45 bits per heavy atom. The fraction of sp³-hybridized carbons (Fsp3) is 0.417. The third kappa shape index (κ3) is 3.03. The van der Waals surface area contributed by atoms with Crippen molar-refractivity contribution in [3.63, 3.8) is 0 Å². The molecule has 0 spiro atoms. The summed E-state index contributed by atoms with van der Waals surface area (Å²) in [5.41, 5.74) is 5.61. The number of carbonyl (C=O) groups is 1. The van der Waals surface area contributed by atoms with Gasteiger partial charge in [-0.3, -0.25) is 14.9 Å². The molecular formula is C12H13Cl2N3O3. The van der Waals surface area contributed by atoms with Gasteiger partial charge in [0.05, 0.1) is 20.5 Å². The molecule has 2 N–H and O–H groups in total. The first-order valence-electron chi connectivity index (χ1n) is 6.08. The van der Waals surface area contributed by atoms with Crippen molar-refractivity contribution in [2.75, 3.05) is 13.1 Å². The van der Waals surface area contributed by atoms with Crippen molar-refractivity contribution in [3.8, 4) is 0 Å². The number of nitro benzene ring substituents is 1. The first-order chi connectivity index (χ1) is 9.40. The highest BCUT2D eigenvalue weighted by molar-refractivity contribution is 6.44. The minimum Gasteiger partial charge on any atom is -0.337 e. The average molecular weight is 318 g/mol. The smallest absolute Gasteiger partial charge is 0.271 e. The molecule has 0 radical (unpaired) electrons. The van der Waals surface area contributed by atoms with Crippen LogP contribution in [0.15, 0.2) is 12.1 Å². The van der Waals surface area contributed by atoms with Crippen LogP contribution < -0.4 is 5.73 Å². The number of rotatable bonds is 2. The first-order valence-corrected chi connectivity index (χ1v) is 6.84. The second kappa shape index (κ2) is 5.95. The fourth-order valence-electron chi connectivity index (χ4n) is 2.20. The highest BCUT2D eigenvalue weighted by atomic mass is 35.5. The molecule has 1 aromatic carbocycles. The molecule has 6 nitrogen and oxygen atoms in total. The summed E-state index contributed by atoms with van der Waals surface area (Å²) in [6.45, 7) is 0.971. The lowest BCUT2D eigenvalue weighted by Gasteiger charge is -2.31. The molecule has 1 aromatic rings. The number of likely N-dealkylation sites (tertiary alicyclic amines) is 1. The van der Waals surface area contributed by atoms with E-state index in [4.69, 9.17) is 28.9 Å². The number of nitrogens with two attached hydrogens (primary N) is 1. The van der Waals surface area contributed by atoms with Crippen molar-refractivity contribution in [2.45, 2.75) is 18.9 Å². The summed E-state index contributed by atoms with van der Waals surface area (Å²) < 4.78 is 0. The Balaban J connectivity index is 2.35. The number of halogens is 2. The molecule has 1 aliphatic rings. The number of non-ortho nitro benzene ring substituents is 1. The lowest BCUT2D eigenvalue weighted by atomic mass is 10.1. The van der Waals surface area contributed by atoms with Crippen molar-refractivity contribution in [2.24, 2.45) is 5.73 Å². The van der Waals surface area contributed by atoms with Crippen molar-refractivity contribution in [1.29, 1.82) is 0 Å². The van der Waals surface area contributed by atoms with Gasteiger partial charge < -0.3 is 10.6 Å². The quantitative estimate of drug-likeness (QED) is 0.670. The zero-order valence-corrected chi connectivity index (χ0v) is 12.0. The highest BCUT2D eigenvalue weighted by Gasteiger charge is 2.26. The molecule has 0 aliphatic carbocycles. The fourth-order valence-corrected chi connectivity index (χ4v) is 2.60. The molecule has 8 heteroatoms. The zero-order valence-electron chi connectivity index (χ0n) is 10.5. The monoisotopic (exact) mass is 317 g/mol. The van der Waals surface area contributed by atoms with Gasteiger partial charge in [0.15, 0.2) is 0 Å². The third-order valence-corrected chi connectivity index (χ3v) is 4.00. The number of benzene rings is 1. The van der Waals surface area contributed by atoms with E-state index < -0.39 is 4.92 Å². The molecule has 0 aromatic heterocycles. The average Bonchev–Trinajstić information content (AvgIpc) is 2.40. The number of hydrogen-bond acceptors (Lipinski definition) is 4. The van der Waals surface area contributed by atoms with Gasteiger partial charge in [-0.1, -0.05) is 23.2 Å². The molecule has 1 amide bonds. The van der Waals surface area contributed by atoms with Gasteiger partial charge in [0.25, 0.3) is 11.6 Å². The van der Waals surface area contributed by atoms with Gasteiger partial charge in [0.1, 0.15) is 0 Å². The minimum absolute atomic E-state index is 0.00877. The van der Waals surface area contributed by atoms with Crippen LogP contribution in [0.2, 0.25) is 10.0 Å². The van der Waals surface area contributed by atoms with Gasteiger partial charge in [0, 0.05) is 31.3 Å². The molecule has 2 rings (SSSR count). The van der Waals surface area contributed by atoms with E-state index in [1.807, 2.05) is 0 Å². The normalized spacial score (nSPS) is 18.9. The van der Waals surface area contributed by atoms with Gasteiger partial charge in [-0.05, 0) is 12.8 Å². The van der Waals surface area contributed by atoms with E-state index in [2.05, 4.69) is 0 Å².